The van der Waals surface area contributed by atoms with Gasteiger partial charge in [0.2, 0.25) is 0 Å². The van der Waals surface area contributed by atoms with E-state index in [4.69, 9.17) is 0 Å². The summed E-state index contributed by atoms with van der Waals surface area (Å²) in [6, 6.07) is 0. The number of rotatable bonds is 3. The summed E-state index contributed by atoms with van der Waals surface area (Å²) in [5.41, 5.74) is 1.07. The molecule has 0 aromatic heterocycles. The molecule has 2 atom stereocenters. The van der Waals surface area contributed by atoms with Gasteiger partial charge in [0.05, 0.1) is 0 Å². The Labute approximate surface area is 104 Å². The van der Waals surface area contributed by atoms with Crippen molar-refractivity contribution in [3.8, 4) is 0 Å². The number of hydrogen-bond donors (Lipinski definition) is 0. The molecule has 0 aromatic carbocycles. The third kappa shape index (κ3) is 4.86. The Hall–Kier alpha value is -0.0431. The van der Waals surface area contributed by atoms with Crippen molar-refractivity contribution >= 4 is 8.07 Å². The van der Waals surface area contributed by atoms with Crippen molar-refractivity contribution in [1.29, 1.82) is 0 Å². The van der Waals surface area contributed by atoms with Gasteiger partial charge in [0.1, 0.15) is 0 Å². The Bertz CT molecular complexity index is 212. The van der Waals surface area contributed by atoms with Gasteiger partial charge in [0.15, 0.2) is 0 Å². The fourth-order valence-corrected chi connectivity index (χ4v) is 5.08. The zero-order valence-electron chi connectivity index (χ0n) is 11.8. The molecule has 0 amide bonds. The summed E-state index contributed by atoms with van der Waals surface area (Å²) in [6.45, 7) is 9.84. The molecule has 0 N–H and O–H groups in total. The van der Waals surface area contributed by atoms with Crippen LogP contribution in [0.2, 0.25) is 25.2 Å². The summed E-state index contributed by atoms with van der Waals surface area (Å²) in [7, 11) is -0.916. The Morgan fingerprint density at radius 2 is 1.75 bits per heavy atom. The highest BCUT2D eigenvalue weighted by atomic mass is 28.3. The van der Waals surface area contributed by atoms with Crippen LogP contribution in [0.4, 0.5) is 0 Å². The minimum Gasteiger partial charge on any atom is -0.0917 e. The van der Waals surface area contributed by atoms with Crippen molar-refractivity contribution in [3.63, 3.8) is 0 Å². The molecule has 1 rings (SSSR count). The molecule has 1 heteroatoms. The molecule has 0 aromatic rings. The highest BCUT2D eigenvalue weighted by Gasteiger charge is 2.29. The zero-order valence-corrected chi connectivity index (χ0v) is 12.8. The maximum Gasteiger partial charge on any atom is 0.0473 e. The molecule has 0 spiro atoms. The van der Waals surface area contributed by atoms with Crippen LogP contribution in [0.15, 0.2) is 12.2 Å². The minimum atomic E-state index is -0.916. The van der Waals surface area contributed by atoms with E-state index in [0.717, 1.165) is 11.5 Å². The fourth-order valence-electron chi connectivity index (χ4n) is 2.97. The van der Waals surface area contributed by atoms with Crippen LogP contribution >= 0.6 is 0 Å². The lowest BCUT2D eigenvalue weighted by Crippen LogP contribution is -2.30. The van der Waals surface area contributed by atoms with Crippen molar-refractivity contribution in [2.45, 2.75) is 77.1 Å². The summed E-state index contributed by atoms with van der Waals surface area (Å²) in [6.07, 6.45) is 14.9. The smallest absolute Gasteiger partial charge is 0.0473 e. The lowest BCUT2D eigenvalue weighted by Gasteiger charge is -2.34. The van der Waals surface area contributed by atoms with E-state index < -0.39 is 8.07 Å². The SMILES string of the molecule is CC=CCC1CCCCCC([Si](C)(C)C)C1. The standard InChI is InChI=1S/C15H30Si/c1-5-6-10-14-11-8-7-9-12-15(13-14)16(2,3)4/h5-6,14-15H,7-13H2,1-4H3. The number of allylic oxidation sites excluding steroid dienone is 2. The van der Waals surface area contributed by atoms with Gasteiger partial charge in [-0.25, -0.2) is 0 Å². The molecular formula is C15H30Si. The summed E-state index contributed by atoms with van der Waals surface area (Å²) >= 11 is 0. The molecule has 2 unspecified atom stereocenters. The predicted octanol–water partition coefficient (Wildman–Crippen LogP) is 5.63. The van der Waals surface area contributed by atoms with Gasteiger partial charge in [-0.2, -0.15) is 0 Å². The third-order valence-corrected chi connectivity index (χ3v) is 7.19. The van der Waals surface area contributed by atoms with E-state index in [-0.39, 0.29) is 0 Å². The van der Waals surface area contributed by atoms with Crippen LogP contribution in [0.3, 0.4) is 0 Å². The monoisotopic (exact) mass is 238 g/mol. The summed E-state index contributed by atoms with van der Waals surface area (Å²) < 4.78 is 0. The average molecular weight is 238 g/mol. The van der Waals surface area contributed by atoms with E-state index >= 15 is 0 Å². The molecule has 0 aliphatic heterocycles. The van der Waals surface area contributed by atoms with Crippen LogP contribution in [-0.4, -0.2) is 8.07 Å². The van der Waals surface area contributed by atoms with Crippen LogP contribution in [-0.2, 0) is 0 Å². The van der Waals surface area contributed by atoms with E-state index in [0.29, 0.717) is 0 Å². The van der Waals surface area contributed by atoms with Crippen molar-refractivity contribution in [2.75, 3.05) is 0 Å². The van der Waals surface area contributed by atoms with Crippen LogP contribution < -0.4 is 0 Å². The maximum atomic E-state index is 2.56. The van der Waals surface area contributed by atoms with Gasteiger partial charge in [-0.05, 0) is 31.2 Å². The summed E-state index contributed by atoms with van der Waals surface area (Å²) in [4.78, 5) is 0. The fraction of sp³-hybridized carbons (Fsp3) is 0.867. The molecule has 0 saturated heterocycles. The second-order valence-corrected chi connectivity index (χ2v) is 12.2. The van der Waals surface area contributed by atoms with Crippen molar-refractivity contribution < 1.29 is 0 Å². The molecule has 16 heavy (non-hydrogen) atoms. The summed E-state index contributed by atoms with van der Waals surface area (Å²) in [5, 5.41) is 0. The molecule has 0 nitrogen and oxygen atoms in total. The molecule has 0 bridgehead atoms. The van der Waals surface area contributed by atoms with Crippen LogP contribution in [0.25, 0.3) is 0 Å². The lowest BCUT2D eigenvalue weighted by atomic mass is 9.88. The summed E-state index contributed by atoms with van der Waals surface area (Å²) in [5.74, 6) is 0.980. The van der Waals surface area contributed by atoms with Crippen molar-refractivity contribution in [1.82, 2.24) is 0 Å². The zero-order chi connectivity index (χ0) is 12.0. The quantitative estimate of drug-likeness (QED) is 0.441. The normalized spacial score (nSPS) is 29.0. The lowest BCUT2D eigenvalue weighted by molar-refractivity contribution is 0.376. The molecule has 1 aliphatic rings. The first-order valence-corrected chi connectivity index (χ1v) is 10.7. The van der Waals surface area contributed by atoms with Gasteiger partial charge in [-0.15, -0.1) is 0 Å². The van der Waals surface area contributed by atoms with Crippen LogP contribution in [0.1, 0.15) is 51.9 Å². The Balaban J connectivity index is 2.56. The van der Waals surface area contributed by atoms with E-state index in [1.54, 1.807) is 0 Å². The predicted molar refractivity (Wildman–Crippen MR) is 77.7 cm³/mol. The molecule has 1 fully saturated rings. The second-order valence-electron chi connectivity index (χ2n) is 6.61. The van der Waals surface area contributed by atoms with E-state index in [2.05, 4.69) is 38.7 Å². The Morgan fingerprint density at radius 1 is 1.06 bits per heavy atom. The maximum absolute atomic E-state index is 2.56. The van der Waals surface area contributed by atoms with Gasteiger partial charge in [-0.1, -0.05) is 63.9 Å². The highest BCUT2D eigenvalue weighted by Crippen LogP contribution is 2.38. The average Bonchev–Trinajstić information content (AvgIpc) is 2.14. The van der Waals surface area contributed by atoms with Crippen molar-refractivity contribution in [3.05, 3.63) is 12.2 Å². The second kappa shape index (κ2) is 6.63. The van der Waals surface area contributed by atoms with Gasteiger partial charge < -0.3 is 0 Å². The molecule has 0 heterocycles. The first-order valence-electron chi connectivity index (χ1n) is 7.15. The largest absolute Gasteiger partial charge is 0.0917 e. The molecule has 1 aliphatic carbocycles. The Morgan fingerprint density at radius 3 is 2.38 bits per heavy atom. The van der Waals surface area contributed by atoms with Crippen LogP contribution in [0, 0.1) is 5.92 Å². The molecule has 0 radical (unpaired) electrons. The number of hydrogen-bond acceptors (Lipinski definition) is 0. The molecular weight excluding hydrogens is 208 g/mol. The highest BCUT2D eigenvalue weighted by molar-refractivity contribution is 6.77. The Kier molecular flexibility index (Phi) is 5.81. The molecule has 94 valence electrons. The van der Waals surface area contributed by atoms with E-state index in [9.17, 15) is 0 Å². The minimum absolute atomic E-state index is 0.916. The van der Waals surface area contributed by atoms with Gasteiger partial charge >= 0.3 is 0 Å². The third-order valence-electron chi connectivity index (χ3n) is 4.21. The first-order chi connectivity index (χ1) is 7.54. The van der Waals surface area contributed by atoms with Gasteiger partial charge in [0, 0.05) is 8.07 Å². The molecule has 1 saturated carbocycles. The van der Waals surface area contributed by atoms with E-state index in [1.165, 1.54) is 44.9 Å². The van der Waals surface area contributed by atoms with E-state index in [1.807, 2.05) is 0 Å². The van der Waals surface area contributed by atoms with Gasteiger partial charge in [-0.3, -0.25) is 0 Å². The van der Waals surface area contributed by atoms with Gasteiger partial charge in [0.25, 0.3) is 0 Å². The van der Waals surface area contributed by atoms with Crippen molar-refractivity contribution in [2.24, 2.45) is 5.92 Å². The van der Waals surface area contributed by atoms with Crippen LogP contribution in [0.5, 0.6) is 0 Å². The topological polar surface area (TPSA) is 0 Å². The first kappa shape index (κ1) is 14.0.